The minimum atomic E-state index is -0.208. The molecule has 0 radical (unpaired) electrons. The van der Waals surface area contributed by atoms with Crippen LogP contribution in [0.15, 0.2) is 12.3 Å². The number of pyridine rings is 1. The number of nitrogens with zero attached hydrogens (tertiary/aromatic N) is 2. The lowest BCUT2D eigenvalue weighted by Gasteiger charge is -2.28. The smallest absolute Gasteiger partial charge is 0.170 e. The first-order valence-electron chi connectivity index (χ1n) is 7.85. The molecule has 5 heteroatoms. The molecule has 1 aromatic rings. The summed E-state index contributed by atoms with van der Waals surface area (Å²) in [6, 6.07) is 1.75. The summed E-state index contributed by atoms with van der Waals surface area (Å²) in [5.41, 5.74) is 0.681. The maximum Gasteiger partial charge on any atom is 0.170 e. The molecule has 0 aliphatic carbocycles. The Morgan fingerprint density at radius 1 is 1.52 bits per heavy atom. The summed E-state index contributed by atoms with van der Waals surface area (Å²) in [4.78, 5) is 6.13. The molecule has 2 heterocycles. The lowest BCUT2D eigenvalue weighted by Crippen LogP contribution is -2.32. The third-order valence-corrected chi connectivity index (χ3v) is 3.84. The fourth-order valence-corrected chi connectivity index (χ4v) is 2.70. The van der Waals surface area contributed by atoms with Gasteiger partial charge in [-0.25, -0.2) is 9.37 Å². The number of aromatic nitrogens is 1. The van der Waals surface area contributed by atoms with Crippen molar-refractivity contribution >= 4 is 5.82 Å². The van der Waals surface area contributed by atoms with Crippen LogP contribution in [0.5, 0.6) is 0 Å². The fraction of sp³-hybridized carbons (Fsp3) is 0.688. The maximum absolute atomic E-state index is 14.5. The molecule has 1 saturated heterocycles. The molecule has 1 aliphatic heterocycles. The number of anilines is 1. The molecule has 0 spiro atoms. The van der Waals surface area contributed by atoms with Gasteiger partial charge in [-0.1, -0.05) is 6.92 Å². The summed E-state index contributed by atoms with van der Waals surface area (Å²) in [6.07, 6.45) is 4.97. The molecule has 118 valence electrons. The summed E-state index contributed by atoms with van der Waals surface area (Å²) in [7, 11) is 1.91. The highest BCUT2D eigenvalue weighted by atomic mass is 19.1. The van der Waals surface area contributed by atoms with Crippen LogP contribution in [-0.2, 0) is 11.3 Å². The van der Waals surface area contributed by atoms with Crippen molar-refractivity contribution in [2.75, 3.05) is 38.3 Å². The van der Waals surface area contributed by atoms with E-state index in [1.54, 1.807) is 12.3 Å². The molecule has 0 bridgehead atoms. The van der Waals surface area contributed by atoms with Gasteiger partial charge in [-0.15, -0.1) is 0 Å². The molecular formula is C16H26FN3O. The second-order valence-electron chi connectivity index (χ2n) is 5.75. The van der Waals surface area contributed by atoms with Gasteiger partial charge in [0.15, 0.2) is 11.6 Å². The molecular weight excluding hydrogens is 269 g/mol. The summed E-state index contributed by atoms with van der Waals surface area (Å²) in [6.45, 7) is 5.95. The molecule has 1 aromatic heterocycles. The van der Waals surface area contributed by atoms with Crippen LogP contribution in [0.1, 0.15) is 31.7 Å². The third-order valence-electron chi connectivity index (χ3n) is 3.84. The zero-order valence-corrected chi connectivity index (χ0v) is 13.1. The summed E-state index contributed by atoms with van der Waals surface area (Å²) < 4.78 is 20.0. The first-order valence-corrected chi connectivity index (χ1v) is 7.85. The Hall–Kier alpha value is -1.20. The summed E-state index contributed by atoms with van der Waals surface area (Å²) in [5, 5.41) is 3.23. The van der Waals surface area contributed by atoms with Crippen LogP contribution in [0.4, 0.5) is 10.2 Å². The Bertz CT molecular complexity index is 436. The number of hydrogen-bond acceptors (Lipinski definition) is 4. The summed E-state index contributed by atoms with van der Waals surface area (Å²) >= 11 is 0. The van der Waals surface area contributed by atoms with Crippen molar-refractivity contribution in [2.24, 2.45) is 5.92 Å². The number of nitrogens with one attached hydrogen (secondary N) is 1. The predicted octanol–water partition coefficient (Wildman–Crippen LogP) is 2.58. The second kappa shape index (κ2) is 8.29. The molecule has 1 N–H and O–H groups in total. The maximum atomic E-state index is 14.5. The van der Waals surface area contributed by atoms with Gasteiger partial charge in [0.1, 0.15) is 0 Å². The Labute approximate surface area is 126 Å². The largest absolute Gasteiger partial charge is 0.381 e. The third kappa shape index (κ3) is 4.64. The first-order chi connectivity index (χ1) is 10.2. The lowest BCUT2D eigenvalue weighted by atomic mass is 10.0. The number of ether oxygens (including phenoxy) is 1. The van der Waals surface area contributed by atoms with Gasteiger partial charge in [-0.2, -0.15) is 0 Å². The van der Waals surface area contributed by atoms with Gasteiger partial charge >= 0.3 is 0 Å². The minimum absolute atomic E-state index is 0.208. The highest BCUT2D eigenvalue weighted by Crippen LogP contribution is 2.21. The van der Waals surface area contributed by atoms with Gasteiger partial charge in [-0.3, -0.25) is 0 Å². The van der Waals surface area contributed by atoms with E-state index >= 15 is 0 Å². The molecule has 21 heavy (non-hydrogen) atoms. The van der Waals surface area contributed by atoms with Crippen LogP contribution in [0, 0.1) is 11.7 Å². The standard InChI is InChI=1S/C16H26FN3O/c1-3-7-18-10-14-6-8-19-16(15(14)17)20(2)11-13-5-4-9-21-12-13/h6,8,13,18H,3-5,7,9-12H2,1-2H3. The zero-order chi connectivity index (χ0) is 15.1. The van der Waals surface area contributed by atoms with E-state index in [9.17, 15) is 4.39 Å². The molecule has 2 rings (SSSR count). The van der Waals surface area contributed by atoms with Gasteiger partial charge in [-0.05, 0) is 37.8 Å². The van der Waals surface area contributed by atoms with Crippen molar-refractivity contribution in [3.8, 4) is 0 Å². The van der Waals surface area contributed by atoms with E-state index in [-0.39, 0.29) is 5.82 Å². The predicted molar refractivity (Wildman–Crippen MR) is 83.0 cm³/mol. The van der Waals surface area contributed by atoms with Crippen LogP contribution in [0.2, 0.25) is 0 Å². The van der Waals surface area contributed by atoms with Gasteiger partial charge in [0.25, 0.3) is 0 Å². The molecule has 1 fully saturated rings. The van der Waals surface area contributed by atoms with E-state index < -0.39 is 0 Å². The van der Waals surface area contributed by atoms with Crippen molar-refractivity contribution in [2.45, 2.75) is 32.7 Å². The SMILES string of the molecule is CCCNCc1ccnc(N(C)CC2CCCOC2)c1F. The molecule has 0 aromatic carbocycles. The average molecular weight is 295 g/mol. The van der Waals surface area contributed by atoms with Crippen LogP contribution in [0.3, 0.4) is 0 Å². The van der Waals surface area contributed by atoms with Crippen LogP contribution >= 0.6 is 0 Å². The Morgan fingerprint density at radius 2 is 2.38 bits per heavy atom. The van der Waals surface area contributed by atoms with Crippen molar-refractivity contribution in [1.82, 2.24) is 10.3 Å². The number of halogens is 1. The average Bonchev–Trinajstić information content (AvgIpc) is 2.50. The topological polar surface area (TPSA) is 37.4 Å². The number of rotatable bonds is 7. The molecule has 4 nitrogen and oxygen atoms in total. The van der Waals surface area contributed by atoms with E-state index in [0.717, 1.165) is 45.6 Å². The second-order valence-corrected chi connectivity index (χ2v) is 5.75. The van der Waals surface area contributed by atoms with Gasteiger partial charge in [0.05, 0.1) is 6.61 Å². The van der Waals surface area contributed by atoms with Crippen molar-refractivity contribution < 1.29 is 9.13 Å². The lowest BCUT2D eigenvalue weighted by molar-refractivity contribution is 0.0575. The zero-order valence-electron chi connectivity index (χ0n) is 13.1. The highest BCUT2D eigenvalue weighted by Gasteiger charge is 2.19. The minimum Gasteiger partial charge on any atom is -0.381 e. The monoisotopic (exact) mass is 295 g/mol. The van der Waals surface area contributed by atoms with Crippen molar-refractivity contribution in [3.63, 3.8) is 0 Å². The van der Waals surface area contributed by atoms with Crippen LogP contribution in [-0.4, -0.2) is 38.3 Å². The van der Waals surface area contributed by atoms with E-state index in [4.69, 9.17) is 4.74 Å². The first kappa shape index (κ1) is 16.2. The van der Waals surface area contributed by atoms with E-state index in [1.165, 1.54) is 0 Å². The number of hydrogen-bond donors (Lipinski definition) is 1. The van der Waals surface area contributed by atoms with E-state index in [2.05, 4.69) is 17.2 Å². The van der Waals surface area contributed by atoms with E-state index in [1.807, 2.05) is 11.9 Å². The van der Waals surface area contributed by atoms with Gasteiger partial charge in [0, 0.05) is 38.5 Å². The normalized spacial score (nSPS) is 18.7. The molecule has 1 aliphatic rings. The molecule has 1 unspecified atom stereocenters. The molecule has 1 atom stereocenters. The van der Waals surface area contributed by atoms with E-state index in [0.29, 0.717) is 23.8 Å². The summed E-state index contributed by atoms with van der Waals surface area (Å²) in [5.74, 6) is 0.698. The highest BCUT2D eigenvalue weighted by molar-refractivity contribution is 5.42. The fourth-order valence-electron chi connectivity index (χ4n) is 2.70. The Kier molecular flexibility index (Phi) is 6.39. The molecule has 0 saturated carbocycles. The van der Waals surface area contributed by atoms with Crippen LogP contribution < -0.4 is 10.2 Å². The quantitative estimate of drug-likeness (QED) is 0.785. The van der Waals surface area contributed by atoms with Crippen molar-refractivity contribution in [3.05, 3.63) is 23.6 Å². The Balaban J connectivity index is 1.98. The van der Waals surface area contributed by atoms with Crippen molar-refractivity contribution in [1.29, 1.82) is 0 Å². The van der Waals surface area contributed by atoms with Gasteiger partial charge < -0.3 is 15.0 Å². The van der Waals surface area contributed by atoms with Crippen LogP contribution in [0.25, 0.3) is 0 Å². The van der Waals surface area contributed by atoms with Gasteiger partial charge in [0.2, 0.25) is 0 Å². The Morgan fingerprint density at radius 3 is 3.10 bits per heavy atom. The molecule has 0 amide bonds.